The van der Waals surface area contributed by atoms with Crippen LogP contribution in [0.15, 0.2) is 34.7 Å². The Labute approximate surface area is 216 Å². The summed E-state index contributed by atoms with van der Waals surface area (Å²) in [6, 6.07) is 2.20. The summed E-state index contributed by atoms with van der Waals surface area (Å²) in [4.78, 5) is 2.51. The number of allylic oxidation sites excluding steroid dienone is 1. The minimum atomic E-state index is 0.103. The van der Waals surface area contributed by atoms with Gasteiger partial charge in [-0.3, -0.25) is 0 Å². The highest BCUT2D eigenvalue weighted by molar-refractivity contribution is 5.37. The van der Waals surface area contributed by atoms with Crippen molar-refractivity contribution in [1.82, 2.24) is 4.90 Å². The molecular weight excluding hydrogens is 450 g/mol. The lowest BCUT2D eigenvalue weighted by atomic mass is 9.46. The molecule has 8 atom stereocenters. The van der Waals surface area contributed by atoms with E-state index in [0.29, 0.717) is 36.6 Å². The van der Waals surface area contributed by atoms with Crippen LogP contribution in [-0.4, -0.2) is 62.2 Å². The molecule has 0 bridgehead atoms. The zero-order chi connectivity index (χ0) is 24.4. The van der Waals surface area contributed by atoms with Crippen LogP contribution in [0.5, 0.6) is 0 Å². The minimum Gasteiger partial charge on any atom is -0.472 e. The molecule has 0 radical (unpaired) electrons. The van der Waals surface area contributed by atoms with Crippen molar-refractivity contribution in [3.63, 3.8) is 0 Å². The molecule has 7 rings (SSSR count). The summed E-state index contributed by atoms with van der Waals surface area (Å²) in [5.74, 6) is 2.03. The first-order chi connectivity index (χ1) is 17.5. The smallest absolute Gasteiger partial charge is 0.104 e. The first-order valence-corrected chi connectivity index (χ1v) is 14.9. The first-order valence-electron chi connectivity index (χ1n) is 14.9. The van der Waals surface area contributed by atoms with Crippen molar-refractivity contribution in [3.05, 3.63) is 35.8 Å². The number of hydrogen-bond acceptors (Lipinski definition) is 5. The van der Waals surface area contributed by atoms with E-state index in [2.05, 4.69) is 30.9 Å². The Morgan fingerprint density at radius 3 is 2.75 bits per heavy atom. The molecule has 4 aliphatic carbocycles. The Bertz CT molecular complexity index is 969. The van der Waals surface area contributed by atoms with Crippen LogP contribution in [0.3, 0.4) is 0 Å². The maximum Gasteiger partial charge on any atom is 0.104 e. The maximum atomic E-state index is 6.72. The summed E-state index contributed by atoms with van der Waals surface area (Å²) in [7, 11) is 0. The molecular formula is C31H45NO4. The normalized spacial score (nSPS) is 45.5. The van der Waals surface area contributed by atoms with Gasteiger partial charge in [0.15, 0.2) is 0 Å². The average molecular weight is 496 g/mol. The fraction of sp³-hybridized carbons (Fsp3) is 0.806. The maximum absolute atomic E-state index is 6.72. The molecule has 6 aliphatic rings. The van der Waals surface area contributed by atoms with Crippen LogP contribution in [0.1, 0.15) is 83.1 Å². The lowest BCUT2D eigenvalue weighted by molar-refractivity contribution is -0.0845. The predicted molar refractivity (Wildman–Crippen MR) is 139 cm³/mol. The monoisotopic (exact) mass is 495 g/mol. The van der Waals surface area contributed by atoms with E-state index in [1.165, 1.54) is 70.0 Å². The lowest BCUT2D eigenvalue weighted by Gasteiger charge is -2.58. The SMILES string of the molecule is C[C@]12CCC(OCCOCCN3CCCC3)C=C1CC[C@@H]1[C@H]2CC[C@]2(C)C(c3ccoc3)CC3O[C@]312. The number of furan rings is 1. The Hall–Kier alpha value is -1.14. The molecule has 3 heterocycles. The van der Waals surface area contributed by atoms with Crippen LogP contribution in [-0.2, 0) is 14.2 Å². The van der Waals surface area contributed by atoms with Gasteiger partial charge in [0.25, 0.3) is 0 Å². The van der Waals surface area contributed by atoms with Crippen molar-refractivity contribution in [2.45, 2.75) is 95.4 Å². The summed E-state index contributed by atoms with van der Waals surface area (Å²) in [6.07, 6.45) is 18.4. The van der Waals surface area contributed by atoms with Crippen LogP contribution < -0.4 is 0 Å². The largest absolute Gasteiger partial charge is 0.472 e. The summed E-state index contributed by atoms with van der Waals surface area (Å²) in [5, 5.41) is 0. The van der Waals surface area contributed by atoms with E-state index in [0.717, 1.165) is 25.5 Å². The third-order valence-electron chi connectivity index (χ3n) is 11.7. The first kappa shape index (κ1) is 23.9. The molecule has 1 aromatic rings. The molecule has 3 saturated carbocycles. The number of epoxide rings is 1. The lowest BCUT2D eigenvalue weighted by Crippen LogP contribution is -2.56. The molecule has 5 fully saturated rings. The molecule has 0 amide bonds. The summed E-state index contributed by atoms with van der Waals surface area (Å²) in [6.45, 7) is 10.9. The average Bonchev–Trinajstić information content (AvgIpc) is 3.29. The van der Waals surface area contributed by atoms with Gasteiger partial charge in [0.05, 0.1) is 44.6 Å². The predicted octanol–water partition coefficient (Wildman–Crippen LogP) is 5.95. The molecule has 36 heavy (non-hydrogen) atoms. The van der Waals surface area contributed by atoms with E-state index < -0.39 is 0 Å². The van der Waals surface area contributed by atoms with Gasteiger partial charge in [-0.1, -0.05) is 25.5 Å². The molecule has 3 unspecified atom stereocenters. The van der Waals surface area contributed by atoms with Crippen molar-refractivity contribution >= 4 is 0 Å². The fourth-order valence-electron chi connectivity index (χ4n) is 9.80. The van der Waals surface area contributed by atoms with Crippen molar-refractivity contribution in [3.8, 4) is 0 Å². The quantitative estimate of drug-likeness (QED) is 0.253. The van der Waals surface area contributed by atoms with Crippen molar-refractivity contribution in [1.29, 1.82) is 0 Å². The summed E-state index contributed by atoms with van der Waals surface area (Å²) >= 11 is 0. The second kappa shape index (κ2) is 8.97. The molecule has 0 aromatic carbocycles. The fourth-order valence-corrected chi connectivity index (χ4v) is 9.80. The van der Waals surface area contributed by atoms with Gasteiger partial charge in [-0.2, -0.15) is 0 Å². The van der Waals surface area contributed by atoms with E-state index >= 15 is 0 Å². The van der Waals surface area contributed by atoms with E-state index in [9.17, 15) is 0 Å². The van der Waals surface area contributed by atoms with E-state index in [-0.39, 0.29) is 17.1 Å². The topological polar surface area (TPSA) is 47.4 Å². The van der Waals surface area contributed by atoms with Gasteiger partial charge in [0, 0.05) is 12.0 Å². The van der Waals surface area contributed by atoms with Crippen molar-refractivity contribution in [2.24, 2.45) is 22.7 Å². The zero-order valence-corrected chi connectivity index (χ0v) is 22.4. The highest BCUT2D eigenvalue weighted by Crippen LogP contribution is 2.77. The number of nitrogens with zero attached hydrogens (tertiary/aromatic N) is 1. The van der Waals surface area contributed by atoms with Gasteiger partial charge >= 0.3 is 0 Å². The molecule has 2 aliphatic heterocycles. The highest BCUT2D eigenvalue weighted by atomic mass is 16.6. The Morgan fingerprint density at radius 1 is 1.03 bits per heavy atom. The number of hydrogen-bond donors (Lipinski definition) is 0. The molecule has 1 spiro atoms. The number of ether oxygens (including phenoxy) is 3. The third-order valence-corrected chi connectivity index (χ3v) is 11.7. The van der Waals surface area contributed by atoms with Crippen LogP contribution in [0.25, 0.3) is 0 Å². The minimum absolute atomic E-state index is 0.103. The number of likely N-dealkylation sites (tertiary alicyclic amines) is 1. The van der Waals surface area contributed by atoms with E-state index in [4.69, 9.17) is 18.6 Å². The molecule has 2 saturated heterocycles. The van der Waals surface area contributed by atoms with Gasteiger partial charge in [-0.05, 0) is 106 Å². The van der Waals surface area contributed by atoms with Crippen LogP contribution >= 0.6 is 0 Å². The molecule has 0 N–H and O–H groups in total. The standard InChI is InChI=1S/C31H45NO4/c1-29-10-7-24(35-18-17-33-16-14-32-12-3-4-13-32)19-23(29)5-6-26-25(29)8-11-30(2)27(22-9-15-34-21-22)20-28-31(26,30)36-28/h9,15,19,21,24-28H,3-8,10-14,16-18,20H2,1-2H3/t24?,25-,26-,27?,28?,29+,30-,31+/m1/s1. The van der Waals surface area contributed by atoms with Gasteiger partial charge in [0.1, 0.15) is 5.60 Å². The number of fused-ring (bicyclic) bond motifs is 3. The van der Waals surface area contributed by atoms with Crippen molar-refractivity contribution in [2.75, 3.05) is 39.5 Å². The Morgan fingerprint density at radius 2 is 1.92 bits per heavy atom. The Kier molecular flexibility index (Phi) is 5.96. The van der Waals surface area contributed by atoms with Crippen LogP contribution in [0, 0.1) is 22.7 Å². The molecule has 1 aromatic heterocycles. The third kappa shape index (κ3) is 3.56. The van der Waals surface area contributed by atoms with E-state index in [1.807, 2.05) is 12.5 Å². The number of rotatable bonds is 8. The van der Waals surface area contributed by atoms with Gasteiger partial charge < -0.3 is 23.5 Å². The zero-order valence-electron chi connectivity index (χ0n) is 22.4. The van der Waals surface area contributed by atoms with E-state index in [1.54, 1.807) is 5.57 Å². The van der Waals surface area contributed by atoms with Gasteiger partial charge in [-0.25, -0.2) is 0 Å². The van der Waals surface area contributed by atoms with Gasteiger partial charge in [-0.15, -0.1) is 0 Å². The van der Waals surface area contributed by atoms with Crippen LogP contribution in [0.2, 0.25) is 0 Å². The van der Waals surface area contributed by atoms with Crippen molar-refractivity contribution < 1.29 is 18.6 Å². The Balaban J connectivity index is 0.979. The highest BCUT2D eigenvalue weighted by Gasteiger charge is 2.80. The molecule has 5 nitrogen and oxygen atoms in total. The second-order valence-corrected chi connectivity index (χ2v) is 13.2. The summed E-state index contributed by atoms with van der Waals surface area (Å²) in [5.41, 5.74) is 3.74. The molecule has 198 valence electrons. The van der Waals surface area contributed by atoms with Crippen LogP contribution in [0.4, 0.5) is 0 Å². The summed E-state index contributed by atoms with van der Waals surface area (Å²) < 4.78 is 24.4. The molecule has 5 heteroatoms. The van der Waals surface area contributed by atoms with Gasteiger partial charge in [0.2, 0.25) is 0 Å². The second-order valence-electron chi connectivity index (χ2n) is 13.2.